The summed E-state index contributed by atoms with van der Waals surface area (Å²) in [6, 6.07) is 6.90. The minimum absolute atomic E-state index is 0.612. The van der Waals surface area contributed by atoms with Crippen LogP contribution in [0, 0.1) is 0 Å². The molecule has 16 heavy (non-hydrogen) atoms. The Morgan fingerprint density at radius 1 is 1.44 bits per heavy atom. The average molecular weight is 286 g/mol. The highest BCUT2D eigenvalue weighted by atomic mass is 79.9. The molecular weight excluding hydrogens is 266 g/mol. The van der Waals surface area contributed by atoms with Crippen LogP contribution in [0.4, 0.5) is 0 Å². The van der Waals surface area contributed by atoms with Gasteiger partial charge in [0.1, 0.15) is 5.75 Å². The zero-order chi connectivity index (χ0) is 12.0. The Morgan fingerprint density at radius 3 is 2.69 bits per heavy atom. The van der Waals surface area contributed by atoms with Gasteiger partial charge in [0.05, 0.1) is 11.6 Å². The number of aryl methyl sites for hydroxylation is 1. The van der Waals surface area contributed by atoms with Crippen molar-refractivity contribution in [3.8, 4) is 5.75 Å². The second-order valence-corrected chi connectivity index (χ2v) is 4.76. The summed E-state index contributed by atoms with van der Waals surface area (Å²) in [5.41, 5.74) is 1.35. The molecular formula is C13H20BrNO. The molecule has 0 amide bonds. The van der Waals surface area contributed by atoms with Crippen molar-refractivity contribution < 1.29 is 4.74 Å². The SMILES string of the molecule is CCC(CCc1ccc(OC)c(Br)c1)NC. The van der Waals surface area contributed by atoms with Crippen molar-refractivity contribution in [2.75, 3.05) is 14.2 Å². The number of benzene rings is 1. The zero-order valence-electron chi connectivity index (χ0n) is 10.2. The third-order valence-electron chi connectivity index (χ3n) is 2.90. The minimum atomic E-state index is 0.612. The van der Waals surface area contributed by atoms with Crippen LogP contribution in [0.15, 0.2) is 22.7 Å². The first-order valence-corrected chi connectivity index (χ1v) is 6.50. The third kappa shape index (κ3) is 3.80. The van der Waals surface area contributed by atoms with Crippen LogP contribution in [0.5, 0.6) is 5.75 Å². The van der Waals surface area contributed by atoms with E-state index in [0.29, 0.717) is 6.04 Å². The Labute approximate surface area is 107 Å². The molecule has 0 radical (unpaired) electrons. The molecule has 1 N–H and O–H groups in total. The van der Waals surface area contributed by atoms with Gasteiger partial charge in [-0.15, -0.1) is 0 Å². The van der Waals surface area contributed by atoms with E-state index in [9.17, 15) is 0 Å². The number of halogens is 1. The van der Waals surface area contributed by atoms with E-state index in [2.05, 4.69) is 40.3 Å². The fourth-order valence-electron chi connectivity index (χ4n) is 1.76. The Balaban J connectivity index is 2.58. The van der Waals surface area contributed by atoms with Crippen molar-refractivity contribution in [3.63, 3.8) is 0 Å². The van der Waals surface area contributed by atoms with Crippen LogP contribution in [-0.2, 0) is 6.42 Å². The van der Waals surface area contributed by atoms with Gasteiger partial charge in [-0.05, 0) is 59.9 Å². The predicted molar refractivity (Wildman–Crippen MR) is 72.2 cm³/mol. The molecule has 0 aromatic heterocycles. The summed E-state index contributed by atoms with van der Waals surface area (Å²) < 4.78 is 6.24. The van der Waals surface area contributed by atoms with Gasteiger partial charge < -0.3 is 10.1 Å². The van der Waals surface area contributed by atoms with Gasteiger partial charge >= 0.3 is 0 Å². The maximum absolute atomic E-state index is 5.21. The molecule has 90 valence electrons. The highest BCUT2D eigenvalue weighted by Gasteiger charge is 2.05. The summed E-state index contributed by atoms with van der Waals surface area (Å²) in [4.78, 5) is 0. The molecule has 0 aliphatic rings. The van der Waals surface area contributed by atoms with Gasteiger partial charge in [0, 0.05) is 6.04 Å². The summed E-state index contributed by atoms with van der Waals surface area (Å²) in [5.74, 6) is 0.893. The summed E-state index contributed by atoms with van der Waals surface area (Å²) >= 11 is 3.51. The van der Waals surface area contributed by atoms with Gasteiger partial charge in [-0.3, -0.25) is 0 Å². The lowest BCUT2D eigenvalue weighted by molar-refractivity contribution is 0.412. The predicted octanol–water partition coefficient (Wildman–Crippen LogP) is 3.39. The number of hydrogen-bond donors (Lipinski definition) is 1. The van der Waals surface area contributed by atoms with Crippen molar-refractivity contribution in [1.82, 2.24) is 5.32 Å². The van der Waals surface area contributed by atoms with E-state index in [4.69, 9.17) is 4.74 Å². The van der Waals surface area contributed by atoms with Crippen LogP contribution in [0.1, 0.15) is 25.3 Å². The molecule has 1 unspecified atom stereocenters. The van der Waals surface area contributed by atoms with E-state index in [-0.39, 0.29) is 0 Å². The maximum atomic E-state index is 5.21. The molecule has 0 saturated carbocycles. The Hall–Kier alpha value is -0.540. The standard InChI is InChI=1S/C13H20BrNO/c1-4-11(15-2)7-5-10-6-8-13(16-3)12(14)9-10/h6,8-9,11,15H,4-5,7H2,1-3H3. The lowest BCUT2D eigenvalue weighted by Gasteiger charge is -2.13. The van der Waals surface area contributed by atoms with Gasteiger partial charge in [0.15, 0.2) is 0 Å². The Bertz CT molecular complexity index is 324. The van der Waals surface area contributed by atoms with E-state index in [1.165, 1.54) is 18.4 Å². The average Bonchev–Trinajstić information content (AvgIpc) is 2.30. The number of ether oxygens (including phenoxy) is 1. The van der Waals surface area contributed by atoms with Crippen molar-refractivity contribution >= 4 is 15.9 Å². The van der Waals surface area contributed by atoms with Crippen LogP contribution in [0.2, 0.25) is 0 Å². The smallest absolute Gasteiger partial charge is 0.133 e. The van der Waals surface area contributed by atoms with Gasteiger partial charge in [0.25, 0.3) is 0 Å². The molecule has 1 aromatic rings. The highest BCUT2D eigenvalue weighted by Crippen LogP contribution is 2.26. The summed E-state index contributed by atoms with van der Waals surface area (Å²) in [7, 11) is 3.71. The van der Waals surface area contributed by atoms with Crippen LogP contribution < -0.4 is 10.1 Å². The van der Waals surface area contributed by atoms with Gasteiger partial charge in [-0.2, -0.15) is 0 Å². The molecule has 3 heteroatoms. The van der Waals surface area contributed by atoms with Crippen molar-refractivity contribution in [1.29, 1.82) is 0 Å². The highest BCUT2D eigenvalue weighted by molar-refractivity contribution is 9.10. The van der Waals surface area contributed by atoms with Crippen molar-refractivity contribution in [2.45, 2.75) is 32.2 Å². The second-order valence-electron chi connectivity index (χ2n) is 3.90. The van der Waals surface area contributed by atoms with Gasteiger partial charge in [-0.25, -0.2) is 0 Å². The molecule has 2 nitrogen and oxygen atoms in total. The first-order chi connectivity index (χ1) is 7.71. The van der Waals surface area contributed by atoms with E-state index in [1.54, 1.807) is 7.11 Å². The van der Waals surface area contributed by atoms with Crippen molar-refractivity contribution in [3.05, 3.63) is 28.2 Å². The molecule has 0 fully saturated rings. The molecule has 0 bridgehead atoms. The molecule has 1 aromatic carbocycles. The lowest BCUT2D eigenvalue weighted by atomic mass is 10.0. The lowest BCUT2D eigenvalue weighted by Crippen LogP contribution is -2.24. The molecule has 0 heterocycles. The number of nitrogens with one attached hydrogen (secondary N) is 1. The van der Waals surface area contributed by atoms with Gasteiger partial charge in [-0.1, -0.05) is 13.0 Å². The number of methoxy groups -OCH3 is 1. The fourth-order valence-corrected chi connectivity index (χ4v) is 2.35. The topological polar surface area (TPSA) is 21.3 Å². The number of rotatable bonds is 6. The number of hydrogen-bond acceptors (Lipinski definition) is 2. The van der Waals surface area contributed by atoms with Gasteiger partial charge in [0.2, 0.25) is 0 Å². The first-order valence-electron chi connectivity index (χ1n) is 5.71. The van der Waals surface area contributed by atoms with E-state index < -0.39 is 0 Å². The normalized spacial score (nSPS) is 12.5. The summed E-state index contributed by atoms with van der Waals surface area (Å²) in [5, 5.41) is 3.32. The van der Waals surface area contributed by atoms with E-state index >= 15 is 0 Å². The summed E-state index contributed by atoms with van der Waals surface area (Å²) in [6.45, 7) is 2.21. The second kappa shape index (κ2) is 6.92. The van der Waals surface area contributed by atoms with Crippen LogP contribution in [0.3, 0.4) is 0 Å². The monoisotopic (exact) mass is 285 g/mol. The molecule has 0 aliphatic carbocycles. The fraction of sp³-hybridized carbons (Fsp3) is 0.538. The molecule has 0 saturated heterocycles. The van der Waals surface area contributed by atoms with Crippen molar-refractivity contribution in [2.24, 2.45) is 0 Å². The largest absolute Gasteiger partial charge is 0.496 e. The van der Waals surface area contributed by atoms with E-state index in [1.807, 2.05) is 13.1 Å². The molecule has 0 spiro atoms. The first kappa shape index (κ1) is 13.5. The van der Waals surface area contributed by atoms with Crippen LogP contribution in [-0.4, -0.2) is 20.2 Å². The maximum Gasteiger partial charge on any atom is 0.133 e. The third-order valence-corrected chi connectivity index (χ3v) is 3.52. The van der Waals surface area contributed by atoms with E-state index in [0.717, 1.165) is 16.6 Å². The summed E-state index contributed by atoms with van der Waals surface area (Å²) in [6.07, 6.45) is 3.45. The van der Waals surface area contributed by atoms with Crippen LogP contribution in [0.25, 0.3) is 0 Å². The molecule has 1 rings (SSSR count). The quantitative estimate of drug-likeness (QED) is 0.865. The zero-order valence-corrected chi connectivity index (χ0v) is 11.8. The minimum Gasteiger partial charge on any atom is -0.496 e. The molecule has 0 aliphatic heterocycles. The van der Waals surface area contributed by atoms with Crippen LogP contribution >= 0.6 is 15.9 Å². The Morgan fingerprint density at radius 2 is 2.19 bits per heavy atom. The Kier molecular flexibility index (Phi) is 5.85. The molecule has 1 atom stereocenters.